The van der Waals surface area contributed by atoms with Crippen LogP contribution < -0.4 is 5.32 Å². The number of aromatic carboxylic acids is 1. The van der Waals surface area contributed by atoms with E-state index in [-0.39, 0.29) is 12.1 Å². The topological polar surface area (TPSA) is 99.5 Å². The van der Waals surface area contributed by atoms with E-state index in [1.165, 1.54) is 23.5 Å². The van der Waals surface area contributed by atoms with Crippen LogP contribution in [0.25, 0.3) is 21.0 Å². The Morgan fingerprint density at radius 1 is 1.19 bits per heavy atom. The van der Waals surface area contributed by atoms with Crippen molar-refractivity contribution < 1.29 is 19.8 Å². The molecule has 0 bridgehead atoms. The minimum atomic E-state index is -1.02. The van der Waals surface area contributed by atoms with Crippen LogP contribution in [-0.2, 0) is 4.79 Å². The molecule has 3 rings (SSSR count). The SMILES string of the molecule is O=C(O)CNc1nc2cc(C(=O)O)ccc2c2sccc12. The molecule has 0 aliphatic heterocycles. The number of hydrogen-bond donors (Lipinski definition) is 3. The lowest BCUT2D eigenvalue weighted by Gasteiger charge is -2.08. The van der Waals surface area contributed by atoms with E-state index in [0.717, 1.165) is 15.5 Å². The van der Waals surface area contributed by atoms with Crippen LogP contribution >= 0.6 is 11.3 Å². The first-order chi connectivity index (χ1) is 10.1. The average Bonchev–Trinajstić information content (AvgIpc) is 2.93. The minimum absolute atomic E-state index is 0.148. The number of carboxylic acid groups (broad SMARTS) is 2. The quantitative estimate of drug-likeness (QED) is 0.685. The summed E-state index contributed by atoms with van der Waals surface area (Å²) in [6.45, 7) is -0.248. The lowest BCUT2D eigenvalue weighted by atomic mass is 10.1. The van der Waals surface area contributed by atoms with Gasteiger partial charge in [-0.1, -0.05) is 6.07 Å². The van der Waals surface area contributed by atoms with Crippen LogP contribution in [0, 0.1) is 0 Å². The Balaban J connectivity index is 2.22. The second kappa shape index (κ2) is 5.02. The maximum Gasteiger partial charge on any atom is 0.335 e. The molecule has 0 aliphatic rings. The van der Waals surface area contributed by atoms with Crippen molar-refractivity contribution in [1.82, 2.24) is 4.98 Å². The Morgan fingerprint density at radius 3 is 2.71 bits per heavy atom. The Kier molecular flexibility index (Phi) is 3.19. The van der Waals surface area contributed by atoms with Gasteiger partial charge in [0.15, 0.2) is 0 Å². The molecule has 3 aromatic rings. The van der Waals surface area contributed by atoms with Gasteiger partial charge in [-0.15, -0.1) is 11.3 Å². The average molecular weight is 302 g/mol. The molecular weight excluding hydrogens is 292 g/mol. The van der Waals surface area contributed by atoms with Gasteiger partial charge in [-0.05, 0) is 23.6 Å². The van der Waals surface area contributed by atoms with Gasteiger partial charge in [0.2, 0.25) is 0 Å². The van der Waals surface area contributed by atoms with E-state index in [1.54, 1.807) is 6.07 Å². The highest BCUT2D eigenvalue weighted by Crippen LogP contribution is 2.33. The van der Waals surface area contributed by atoms with Crippen LogP contribution in [0.4, 0.5) is 5.82 Å². The van der Waals surface area contributed by atoms with Crippen molar-refractivity contribution in [2.75, 3.05) is 11.9 Å². The molecule has 2 heterocycles. The van der Waals surface area contributed by atoms with E-state index in [4.69, 9.17) is 10.2 Å². The van der Waals surface area contributed by atoms with Gasteiger partial charge in [0.1, 0.15) is 12.4 Å². The van der Waals surface area contributed by atoms with E-state index in [9.17, 15) is 9.59 Å². The number of aromatic nitrogens is 1. The number of anilines is 1. The molecule has 7 heteroatoms. The maximum atomic E-state index is 11.0. The highest BCUT2D eigenvalue weighted by atomic mass is 32.1. The molecule has 0 radical (unpaired) electrons. The molecule has 0 amide bonds. The summed E-state index contributed by atoms with van der Waals surface area (Å²) in [6, 6.07) is 6.62. The predicted molar refractivity (Wildman–Crippen MR) is 80.2 cm³/mol. The van der Waals surface area contributed by atoms with Crippen molar-refractivity contribution in [3.8, 4) is 0 Å². The fraction of sp³-hybridized carbons (Fsp3) is 0.0714. The second-order valence-corrected chi connectivity index (χ2v) is 5.32. The van der Waals surface area contributed by atoms with Crippen molar-refractivity contribution in [1.29, 1.82) is 0 Å². The van der Waals surface area contributed by atoms with Gasteiger partial charge in [-0.2, -0.15) is 0 Å². The molecular formula is C14H10N2O4S. The Bertz CT molecular complexity index is 872. The van der Waals surface area contributed by atoms with E-state index in [0.29, 0.717) is 11.3 Å². The van der Waals surface area contributed by atoms with Crippen molar-refractivity contribution in [2.24, 2.45) is 0 Å². The van der Waals surface area contributed by atoms with Crippen LogP contribution in [0.15, 0.2) is 29.6 Å². The van der Waals surface area contributed by atoms with Crippen LogP contribution in [0.3, 0.4) is 0 Å². The van der Waals surface area contributed by atoms with Crippen molar-refractivity contribution in [2.45, 2.75) is 0 Å². The molecule has 0 saturated carbocycles. The molecule has 3 N–H and O–H groups in total. The Labute approximate surface area is 122 Å². The number of rotatable bonds is 4. The van der Waals surface area contributed by atoms with E-state index in [1.807, 2.05) is 11.4 Å². The standard InChI is InChI=1S/C14H10N2O4S/c17-11(18)6-15-13-9-3-4-21-12(9)8-2-1-7(14(19)20)5-10(8)16-13/h1-5H,6H2,(H,15,16)(H,17,18)(H,19,20). The highest BCUT2D eigenvalue weighted by Gasteiger charge is 2.12. The minimum Gasteiger partial charge on any atom is -0.480 e. The molecule has 0 spiro atoms. The van der Waals surface area contributed by atoms with Gasteiger partial charge in [-0.25, -0.2) is 9.78 Å². The van der Waals surface area contributed by atoms with Crippen molar-refractivity contribution in [3.63, 3.8) is 0 Å². The summed E-state index contributed by atoms with van der Waals surface area (Å²) in [7, 11) is 0. The Morgan fingerprint density at radius 2 is 2.00 bits per heavy atom. The number of nitrogens with one attached hydrogen (secondary N) is 1. The molecule has 6 nitrogen and oxygen atoms in total. The molecule has 1 aromatic carbocycles. The molecule has 0 atom stereocenters. The first kappa shape index (κ1) is 13.3. The molecule has 2 aromatic heterocycles. The summed E-state index contributed by atoms with van der Waals surface area (Å²) < 4.78 is 0.949. The van der Waals surface area contributed by atoms with Crippen molar-refractivity contribution in [3.05, 3.63) is 35.2 Å². The molecule has 0 unspecified atom stereocenters. The van der Waals surface area contributed by atoms with Gasteiger partial charge >= 0.3 is 11.9 Å². The number of carbonyl (C=O) groups is 2. The largest absolute Gasteiger partial charge is 0.480 e. The summed E-state index contributed by atoms with van der Waals surface area (Å²) >= 11 is 1.50. The molecule has 21 heavy (non-hydrogen) atoms. The fourth-order valence-electron chi connectivity index (χ4n) is 2.13. The van der Waals surface area contributed by atoms with E-state index < -0.39 is 11.9 Å². The summed E-state index contributed by atoms with van der Waals surface area (Å²) in [6.07, 6.45) is 0. The lowest BCUT2D eigenvalue weighted by molar-refractivity contribution is -0.134. The first-order valence-corrected chi connectivity index (χ1v) is 6.94. The van der Waals surface area contributed by atoms with Crippen molar-refractivity contribution >= 4 is 50.1 Å². The van der Waals surface area contributed by atoms with E-state index >= 15 is 0 Å². The number of benzene rings is 1. The van der Waals surface area contributed by atoms with Crippen LogP contribution in [0.1, 0.15) is 10.4 Å². The zero-order chi connectivity index (χ0) is 15.0. The van der Waals surface area contributed by atoms with Crippen LogP contribution in [0.5, 0.6) is 0 Å². The summed E-state index contributed by atoms with van der Waals surface area (Å²) in [5.74, 6) is -1.56. The fourth-order valence-corrected chi connectivity index (χ4v) is 3.06. The number of fused-ring (bicyclic) bond motifs is 3. The smallest absolute Gasteiger partial charge is 0.335 e. The van der Waals surface area contributed by atoms with Crippen LogP contribution in [0.2, 0.25) is 0 Å². The third kappa shape index (κ3) is 2.38. The molecule has 0 aliphatic carbocycles. The number of carboxylic acids is 2. The zero-order valence-corrected chi connectivity index (χ0v) is 11.5. The number of nitrogens with zero attached hydrogens (tertiary/aromatic N) is 1. The number of hydrogen-bond acceptors (Lipinski definition) is 5. The van der Waals surface area contributed by atoms with Gasteiger partial charge in [-0.3, -0.25) is 4.79 Å². The molecule has 0 fully saturated rings. The summed E-state index contributed by atoms with van der Waals surface area (Å²) in [4.78, 5) is 26.1. The summed E-state index contributed by atoms with van der Waals surface area (Å²) in [5, 5.41) is 24.1. The first-order valence-electron chi connectivity index (χ1n) is 6.06. The maximum absolute atomic E-state index is 11.0. The van der Waals surface area contributed by atoms with Gasteiger partial charge in [0, 0.05) is 15.5 Å². The molecule has 0 saturated heterocycles. The lowest BCUT2D eigenvalue weighted by Crippen LogP contribution is -2.13. The number of aliphatic carboxylic acids is 1. The number of thiophene rings is 1. The second-order valence-electron chi connectivity index (χ2n) is 4.41. The predicted octanol–water partition coefficient (Wildman–Crippen LogP) is 2.64. The van der Waals surface area contributed by atoms with Gasteiger partial charge in [0.05, 0.1) is 11.1 Å². The third-order valence-electron chi connectivity index (χ3n) is 3.05. The molecule has 106 valence electrons. The monoisotopic (exact) mass is 302 g/mol. The van der Waals surface area contributed by atoms with Crippen LogP contribution in [-0.4, -0.2) is 33.7 Å². The highest BCUT2D eigenvalue weighted by molar-refractivity contribution is 7.18. The summed E-state index contributed by atoms with van der Waals surface area (Å²) in [5.41, 5.74) is 0.674. The van der Waals surface area contributed by atoms with Gasteiger partial charge < -0.3 is 15.5 Å². The normalized spacial score (nSPS) is 10.9. The van der Waals surface area contributed by atoms with E-state index in [2.05, 4.69) is 10.3 Å². The van der Waals surface area contributed by atoms with Gasteiger partial charge in [0.25, 0.3) is 0 Å². The zero-order valence-electron chi connectivity index (χ0n) is 10.7. The third-order valence-corrected chi connectivity index (χ3v) is 4.00. The number of pyridine rings is 1. The Hall–Kier alpha value is -2.67.